The molecule has 3 rings (SSSR count). The fourth-order valence-corrected chi connectivity index (χ4v) is 4.00. The number of amides is 1. The predicted molar refractivity (Wildman–Crippen MR) is 125 cm³/mol. The number of H-pyrrole nitrogens is 1. The first-order valence-electron chi connectivity index (χ1n) is 11.2. The van der Waals surface area contributed by atoms with Crippen LogP contribution in [-0.4, -0.2) is 82.9 Å². The first-order chi connectivity index (χ1) is 15.1. The Bertz CT molecular complexity index is 871. The lowest BCUT2D eigenvalue weighted by Crippen LogP contribution is -2.46. The molecule has 0 saturated carbocycles. The van der Waals surface area contributed by atoms with E-state index in [0.717, 1.165) is 62.8 Å². The molecule has 8 nitrogen and oxygen atoms in total. The van der Waals surface area contributed by atoms with Gasteiger partial charge in [0.15, 0.2) is 10.6 Å². The number of hydrogen-bond donors (Lipinski definition) is 2. The Hall–Kier alpha value is -2.23. The summed E-state index contributed by atoms with van der Waals surface area (Å²) in [6, 6.07) is 7.73. The van der Waals surface area contributed by atoms with Gasteiger partial charge in [-0.05, 0) is 62.9 Å². The summed E-state index contributed by atoms with van der Waals surface area (Å²) < 4.78 is 7.88. The molecule has 0 aliphatic carbocycles. The molecule has 0 atom stereocenters. The minimum atomic E-state index is 0.0385. The van der Waals surface area contributed by atoms with Crippen LogP contribution in [0.1, 0.15) is 26.7 Å². The van der Waals surface area contributed by atoms with Gasteiger partial charge >= 0.3 is 0 Å². The SMILES string of the molecule is CCOc1ccc(-c2n[nH]c(=S)n2CCC(=O)NCCCN2CCN(CC)CC2)cc1. The Morgan fingerprint density at radius 3 is 2.52 bits per heavy atom. The van der Waals surface area contributed by atoms with E-state index in [2.05, 4.69) is 32.2 Å². The zero-order chi connectivity index (χ0) is 22.1. The van der Waals surface area contributed by atoms with Crippen molar-refractivity contribution in [1.29, 1.82) is 0 Å². The summed E-state index contributed by atoms with van der Waals surface area (Å²) in [4.78, 5) is 17.3. The first-order valence-corrected chi connectivity index (χ1v) is 11.6. The van der Waals surface area contributed by atoms with Crippen LogP contribution in [-0.2, 0) is 11.3 Å². The monoisotopic (exact) mass is 446 g/mol. The third-order valence-corrected chi connectivity index (χ3v) is 5.94. The van der Waals surface area contributed by atoms with E-state index in [1.165, 1.54) is 0 Å². The van der Waals surface area contributed by atoms with Crippen molar-refractivity contribution in [3.63, 3.8) is 0 Å². The number of nitrogens with zero attached hydrogens (tertiary/aromatic N) is 4. The van der Waals surface area contributed by atoms with Gasteiger partial charge in [-0.3, -0.25) is 14.5 Å². The molecule has 9 heteroatoms. The van der Waals surface area contributed by atoms with Gasteiger partial charge in [0.1, 0.15) is 5.75 Å². The van der Waals surface area contributed by atoms with Crippen molar-refractivity contribution in [3.8, 4) is 17.1 Å². The lowest BCUT2D eigenvalue weighted by molar-refractivity contribution is -0.121. The maximum Gasteiger partial charge on any atom is 0.221 e. The number of hydrogen-bond acceptors (Lipinski definition) is 6. The fraction of sp³-hybridized carbons (Fsp3) is 0.591. The predicted octanol–water partition coefficient (Wildman–Crippen LogP) is 2.54. The van der Waals surface area contributed by atoms with E-state index in [-0.39, 0.29) is 5.91 Å². The number of carbonyl (C=O) groups is 1. The molecule has 2 aromatic rings. The molecular weight excluding hydrogens is 412 g/mol. The van der Waals surface area contributed by atoms with Crippen molar-refractivity contribution in [1.82, 2.24) is 29.9 Å². The molecular formula is C22H34N6O2S. The van der Waals surface area contributed by atoms with Gasteiger partial charge in [0.2, 0.25) is 5.91 Å². The zero-order valence-electron chi connectivity index (χ0n) is 18.6. The summed E-state index contributed by atoms with van der Waals surface area (Å²) in [6.45, 7) is 12.7. The Morgan fingerprint density at radius 1 is 1.13 bits per heavy atom. The Kier molecular flexibility index (Phi) is 9.05. The van der Waals surface area contributed by atoms with Crippen LogP contribution in [0.25, 0.3) is 11.4 Å². The van der Waals surface area contributed by atoms with Gasteiger partial charge in [0.05, 0.1) is 6.61 Å². The Morgan fingerprint density at radius 2 is 1.84 bits per heavy atom. The van der Waals surface area contributed by atoms with Crippen molar-refractivity contribution in [2.45, 2.75) is 33.2 Å². The highest BCUT2D eigenvalue weighted by atomic mass is 32.1. The maximum atomic E-state index is 12.3. The molecule has 0 spiro atoms. The molecule has 170 valence electrons. The summed E-state index contributed by atoms with van der Waals surface area (Å²) in [7, 11) is 0. The van der Waals surface area contributed by atoms with E-state index in [9.17, 15) is 4.79 Å². The maximum absolute atomic E-state index is 12.3. The highest BCUT2D eigenvalue weighted by Gasteiger charge is 2.15. The van der Waals surface area contributed by atoms with E-state index in [4.69, 9.17) is 17.0 Å². The summed E-state index contributed by atoms with van der Waals surface area (Å²) in [5, 5.41) is 10.2. The molecule has 1 fully saturated rings. The Balaban J connectivity index is 1.42. The third kappa shape index (κ3) is 6.88. The van der Waals surface area contributed by atoms with Crippen molar-refractivity contribution < 1.29 is 9.53 Å². The number of ether oxygens (including phenoxy) is 1. The van der Waals surface area contributed by atoms with Crippen molar-refractivity contribution >= 4 is 18.1 Å². The van der Waals surface area contributed by atoms with E-state index in [1.807, 2.05) is 35.8 Å². The summed E-state index contributed by atoms with van der Waals surface area (Å²) >= 11 is 5.37. The Labute approximate surface area is 189 Å². The molecule has 1 aliphatic rings. The van der Waals surface area contributed by atoms with E-state index >= 15 is 0 Å². The molecule has 1 aliphatic heterocycles. The molecule has 0 unspecified atom stereocenters. The normalized spacial score (nSPS) is 15.2. The van der Waals surface area contributed by atoms with Crippen molar-refractivity contribution in [3.05, 3.63) is 29.0 Å². The molecule has 1 amide bonds. The van der Waals surface area contributed by atoms with Gasteiger partial charge in [-0.2, -0.15) is 5.10 Å². The van der Waals surface area contributed by atoms with Gasteiger partial charge in [0.25, 0.3) is 0 Å². The number of likely N-dealkylation sites (N-methyl/N-ethyl adjacent to an activating group) is 1. The molecule has 1 saturated heterocycles. The summed E-state index contributed by atoms with van der Waals surface area (Å²) in [5.74, 6) is 1.59. The van der Waals surface area contributed by atoms with Crippen LogP contribution in [0.15, 0.2) is 24.3 Å². The highest BCUT2D eigenvalue weighted by molar-refractivity contribution is 7.71. The quantitative estimate of drug-likeness (QED) is 0.408. The van der Waals surface area contributed by atoms with Gasteiger partial charge in [0, 0.05) is 51.3 Å². The lowest BCUT2D eigenvalue weighted by atomic mass is 10.2. The molecule has 31 heavy (non-hydrogen) atoms. The number of nitrogens with one attached hydrogen (secondary N) is 2. The minimum Gasteiger partial charge on any atom is -0.494 e. The standard InChI is InChI=1S/C22H34N6O2S/c1-3-26-14-16-27(17-15-26)12-5-11-23-20(29)10-13-28-21(24-25-22(28)31)18-6-8-19(9-7-18)30-4-2/h6-9H,3-5,10-17H2,1-2H3,(H,23,29)(H,25,31). The average Bonchev–Trinajstić information content (AvgIpc) is 3.16. The topological polar surface area (TPSA) is 78.4 Å². The minimum absolute atomic E-state index is 0.0385. The molecule has 1 aromatic heterocycles. The average molecular weight is 447 g/mol. The summed E-state index contributed by atoms with van der Waals surface area (Å²) in [5.41, 5.74) is 0.930. The number of piperazine rings is 1. The first kappa shape index (κ1) is 23.4. The molecule has 1 aromatic carbocycles. The molecule has 2 N–H and O–H groups in total. The number of aromatic amines is 1. The van der Waals surface area contributed by atoms with E-state index < -0.39 is 0 Å². The van der Waals surface area contributed by atoms with Crippen molar-refractivity contribution in [2.24, 2.45) is 0 Å². The number of aromatic nitrogens is 3. The van der Waals surface area contributed by atoms with Crippen LogP contribution < -0.4 is 10.1 Å². The van der Waals surface area contributed by atoms with E-state index in [1.54, 1.807) is 0 Å². The van der Waals surface area contributed by atoms with Gasteiger partial charge in [-0.15, -0.1) is 0 Å². The molecule has 0 bridgehead atoms. The number of benzene rings is 1. The second-order valence-electron chi connectivity index (χ2n) is 7.69. The van der Waals surface area contributed by atoms with Gasteiger partial charge in [-0.1, -0.05) is 6.92 Å². The van der Waals surface area contributed by atoms with Gasteiger partial charge < -0.3 is 19.9 Å². The van der Waals surface area contributed by atoms with E-state index in [0.29, 0.717) is 30.9 Å². The second kappa shape index (κ2) is 12.0. The molecule has 2 heterocycles. The third-order valence-electron chi connectivity index (χ3n) is 5.63. The van der Waals surface area contributed by atoms with Crippen LogP contribution >= 0.6 is 12.2 Å². The van der Waals surface area contributed by atoms with Crippen LogP contribution in [0.3, 0.4) is 0 Å². The highest BCUT2D eigenvalue weighted by Crippen LogP contribution is 2.21. The number of carbonyl (C=O) groups excluding carboxylic acids is 1. The van der Waals surface area contributed by atoms with Crippen LogP contribution in [0, 0.1) is 4.77 Å². The largest absolute Gasteiger partial charge is 0.494 e. The molecule has 0 radical (unpaired) electrons. The van der Waals surface area contributed by atoms with Crippen LogP contribution in [0.5, 0.6) is 5.75 Å². The van der Waals surface area contributed by atoms with Gasteiger partial charge in [-0.25, -0.2) is 0 Å². The zero-order valence-corrected chi connectivity index (χ0v) is 19.4. The smallest absolute Gasteiger partial charge is 0.221 e. The lowest BCUT2D eigenvalue weighted by Gasteiger charge is -2.33. The van der Waals surface area contributed by atoms with Crippen LogP contribution in [0.2, 0.25) is 0 Å². The number of rotatable bonds is 11. The second-order valence-corrected chi connectivity index (χ2v) is 8.08. The van der Waals surface area contributed by atoms with Crippen LogP contribution in [0.4, 0.5) is 0 Å². The van der Waals surface area contributed by atoms with Crippen molar-refractivity contribution in [2.75, 3.05) is 52.4 Å². The summed E-state index contributed by atoms with van der Waals surface area (Å²) in [6.07, 6.45) is 1.34. The fourth-order valence-electron chi connectivity index (χ4n) is 3.77.